The number of rotatable bonds is 7. The first-order valence-corrected chi connectivity index (χ1v) is 19.7. The summed E-state index contributed by atoms with van der Waals surface area (Å²) in [5.41, 5.74) is 17.4. The molecule has 3 heteroatoms. The van der Waals surface area contributed by atoms with E-state index in [1.807, 2.05) is 36.4 Å². The summed E-state index contributed by atoms with van der Waals surface area (Å²) in [6.45, 7) is 0. The summed E-state index contributed by atoms with van der Waals surface area (Å²) in [6.07, 6.45) is 0. The Morgan fingerprint density at radius 3 is 1.29 bits per heavy atom. The summed E-state index contributed by atoms with van der Waals surface area (Å²) < 4.78 is 0. The minimum atomic E-state index is 0.635. The van der Waals surface area contributed by atoms with Crippen molar-refractivity contribution in [2.45, 2.75) is 0 Å². The Morgan fingerprint density at radius 2 is 0.621 bits per heavy atom. The van der Waals surface area contributed by atoms with Gasteiger partial charge >= 0.3 is 0 Å². The summed E-state index contributed by atoms with van der Waals surface area (Å²) in [7, 11) is 0. The molecular formula is C55H35N3. The molecule has 0 fully saturated rings. The van der Waals surface area contributed by atoms with E-state index in [2.05, 4.69) is 176 Å². The topological polar surface area (TPSA) is 38.7 Å². The van der Waals surface area contributed by atoms with Gasteiger partial charge in [-0.1, -0.05) is 206 Å². The minimum Gasteiger partial charge on any atom is -0.208 e. The van der Waals surface area contributed by atoms with Crippen LogP contribution >= 0.6 is 0 Å². The largest absolute Gasteiger partial charge is 0.208 e. The molecule has 0 saturated carbocycles. The second kappa shape index (κ2) is 14.1. The van der Waals surface area contributed by atoms with Crippen LogP contribution in [0.25, 0.3) is 112 Å². The summed E-state index contributed by atoms with van der Waals surface area (Å²) >= 11 is 0. The molecule has 58 heavy (non-hydrogen) atoms. The lowest BCUT2D eigenvalue weighted by atomic mass is 9.93. The van der Waals surface area contributed by atoms with Crippen molar-refractivity contribution in [1.29, 1.82) is 0 Å². The molecule has 0 atom stereocenters. The van der Waals surface area contributed by atoms with E-state index in [1.54, 1.807) is 0 Å². The van der Waals surface area contributed by atoms with Crippen LogP contribution in [0, 0.1) is 0 Å². The number of fused-ring (bicyclic) bond motifs is 3. The van der Waals surface area contributed by atoms with Gasteiger partial charge in [-0.2, -0.15) is 0 Å². The average Bonchev–Trinajstić information content (AvgIpc) is 3.64. The molecule has 3 nitrogen and oxygen atoms in total. The standard InChI is InChI=1S/C55H35N3/c1-3-13-36(14-4-1)42-17-11-18-43(35-42)54-56-53(41-15-5-2-6-16-41)57-55(58-54)51-22-10-7-19-44(51)39-29-25-37(26-30-39)38-27-31-40(32-28-38)45-33-34-50-47-21-9-8-20-46(47)49-24-12-23-48(45)52(49)50/h1-35H. The van der Waals surface area contributed by atoms with Gasteiger partial charge in [-0.25, -0.2) is 15.0 Å². The van der Waals surface area contributed by atoms with Gasteiger partial charge in [0.25, 0.3) is 0 Å². The second-order valence-electron chi connectivity index (χ2n) is 14.8. The lowest BCUT2D eigenvalue weighted by Crippen LogP contribution is -2.01. The van der Waals surface area contributed by atoms with Crippen molar-refractivity contribution in [1.82, 2.24) is 15.0 Å². The lowest BCUT2D eigenvalue weighted by molar-refractivity contribution is 1.07. The van der Waals surface area contributed by atoms with Crippen LogP contribution in [0.3, 0.4) is 0 Å². The van der Waals surface area contributed by atoms with Crippen LogP contribution in [0.2, 0.25) is 0 Å². The zero-order chi connectivity index (χ0) is 38.4. The van der Waals surface area contributed by atoms with Gasteiger partial charge in [0.15, 0.2) is 17.5 Å². The molecule has 0 amide bonds. The van der Waals surface area contributed by atoms with E-state index in [9.17, 15) is 0 Å². The Hall–Kier alpha value is -7.75. The highest BCUT2D eigenvalue weighted by Gasteiger charge is 2.22. The molecule has 0 bridgehead atoms. The van der Waals surface area contributed by atoms with Gasteiger partial charge in [-0.3, -0.25) is 0 Å². The summed E-state index contributed by atoms with van der Waals surface area (Å²) in [5, 5.41) is 2.65. The fraction of sp³-hybridized carbons (Fsp3) is 0. The predicted molar refractivity (Wildman–Crippen MR) is 240 cm³/mol. The molecule has 0 radical (unpaired) electrons. The highest BCUT2D eigenvalue weighted by atomic mass is 15.0. The van der Waals surface area contributed by atoms with Crippen molar-refractivity contribution in [3.63, 3.8) is 0 Å². The number of hydrogen-bond acceptors (Lipinski definition) is 3. The Morgan fingerprint density at radius 1 is 0.207 bits per heavy atom. The SMILES string of the molecule is c1ccc(-c2cccc(-c3nc(-c4ccccc4)nc(-c4ccccc4-c4ccc(-c5ccc(-c6ccc7c8c(cccc68)-c6ccccc6-7)cc5)cc4)n3)c2)cc1. The number of hydrogen-bond donors (Lipinski definition) is 0. The first-order chi connectivity index (χ1) is 28.7. The van der Waals surface area contributed by atoms with Crippen molar-refractivity contribution in [3.8, 4) is 101 Å². The number of nitrogens with zero attached hydrogens (tertiary/aromatic N) is 3. The maximum atomic E-state index is 5.14. The molecule has 1 aliphatic carbocycles. The molecule has 0 unspecified atom stereocenters. The third-order valence-electron chi connectivity index (χ3n) is 11.3. The van der Waals surface area contributed by atoms with E-state index in [1.165, 1.54) is 49.7 Å². The van der Waals surface area contributed by atoms with Crippen LogP contribution in [-0.4, -0.2) is 15.0 Å². The third-order valence-corrected chi connectivity index (χ3v) is 11.3. The van der Waals surface area contributed by atoms with Gasteiger partial charge in [0.2, 0.25) is 0 Å². The Bertz CT molecular complexity index is 3100. The molecule has 0 spiro atoms. The van der Waals surface area contributed by atoms with E-state index in [0.29, 0.717) is 17.5 Å². The quantitative estimate of drug-likeness (QED) is 0.163. The first-order valence-electron chi connectivity index (χ1n) is 19.7. The monoisotopic (exact) mass is 737 g/mol. The highest BCUT2D eigenvalue weighted by molar-refractivity contribution is 6.18. The van der Waals surface area contributed by atoms with Crippen LogP contribution < -0.4 is 0 Å². The van der Waals surface area contributed by atoms with Crippen molar-refractivity contribution in [3.05, 3.63) is 212 Å². The summed E-state index contributed by atoms with van der Waals surface area (Å²) in [5.74, 6) is 1.91. The fourth-order valence-corrected chi connectivity index (χ4v) is 8.48. The van der Waals surface area contributed by atoms with E-state index < -0.39 is 0 Å². The number of benzene rings is 9. The molecular weight excluding hydrogens is 703 g/mol. The summed E-state index contributed by atoms with van der Waals surface area (Å²) in [6, 6.07) is 75.2. The zero-order valence-electron chi connectivity index (χ0n) is 31.5. The van der Waals surface area contributed by atoms with Gasteiger partial charge in [0, 0.05) is 16.7 Å². The van der Waals surface area contributed by atoms with Crippen LogP contribution in [0.4, 0.5) is 0 Å². The second-order valence-corrected chi connectivity index (χ2v) is 14.8. The predicted octanol–water partition coefficient (Wildman–Crippen LogP) is 14.3. The molecule has 1 aliphatic rings. The van der Waals surface area contributed by atoms with Crippen LogP contribution in [0.1, 0.15) is 0 Å². The molecule has 9 aromatic carbocycles. The van der Waals surface area contributed by atoms with Crippen molar-refractivity contribution in [2.75, 3.05) is 0 Å². The van der Waals surface area contributed by atoms with Crippen LogP contribution in [0.5, 0.6) is 0 Å². The Balaban J connectivity index is 0.929. The van der Waals surface area contributed by atoms with Gasteiger partial charge in [-0.15, -0.1) is 0 Å². The minimum absolute atomic E-state index is 0.635. The highest BCUT2D eigenvalue weighted by Crippen LogP contribution is 2.49. The molecule has 0 aliphatic heterocycles. The van der Waals surface area contributed by atoms with E-state index >= 15 is 0 Å². The normalized spacial score (nSPS) is 11.4. The third kappa shape index (κ3) is 5.89. The Labute approximate surface area is 337 Å². The van der Waals surface area contributed by atoms with Crippen molar-refractivity contribution >= 4 is 10.8 Å². The summed E-state index contributed by atoms with van der Waals surface area (Å²) in [4.78, 5) is 15.2. The molecule has 1 heterocycles. The van der Waals surface area contributed by atoms with E-state index in [-0.39, 0.29) is 0 Å². The smallest absolute Gasteiger partial charge is 0.164 e. The average molecular weight is 738 g/mol. The Kier molecular flexibility index (Phi) is 8.15. The maximum absolute atomic E-state index is 5.14. The van der Waals surface area contributed by atoms with Gasteiger partial charge in [-0.05, 0) is 83.6 Å². The lowest BCUT2D eigenvalue weighted by Gasteiger charge is -2.13. The number of aromatic nitrogens is 3. The van der Waals surface area contributed by atoms with E-state index in [4.69, 9.17) is 15.0 Å². The van der Waals surface area contributed by atoms with Gasteiger partial charge in [0.05, 0.1) is 0 Å². The molecule has 0 N–H and O–H groups in total. The van der Waals surface area contributed by atoms with Crippen molar-refractivity contribution in [2.24, 2.45) is 0 Å². The first kappa shape index (κ1) is 33.6. The fourth-order valence-electron chi connectivity index (χ4n) is 8.48. The molecule has 11 rings (SSSR count). The van der Waals surface area contributed by atoms with Crippen molar-refractivity contribution < 1.29 is 0 Å². The van der Waals surface area contributed by atoms with Crippen LogP contribution in [0.15, 0.2) is 212 Å². The molecule has 0 saturated heterocycles. The van der Waals surface area contributed by atoms with E-state index in [0.717, 1.165) is 44.5 Å². The zero-order valence-corrected chi connectivity index (χ0v) is 31.5. The van der Waals surface area contributed by atoms with Crippen LogP contribution in [-0.2, 0) is 0 Å². The molecule has 10 aromatic rings. The van der Waals surface area contributed by atoms with Gasteiger partial charge in [0.1, 0.15) is 0 Å². The molecule has 270 valence electrons. The molecule has 1 aromatic heterocycles. The van der Waals surface area contributed by atoms with Gasteiger partial charge < -0.3 is 0 Å². The maximum Gasteiger partial charge on any atom is 0.164 e.